The Morgan fingerprint density at radius 3 is 2.75 bits per heavy atom. The van der Waals surface area contributed by atoms with Crippen LogP contribution in [0.25, 0.3) is 0 Å². The molecule has 0 saturated carbocycles. The monoisotopic (exact) mass is 162 g/mol. The molecule has 2 heteroatoms. The van der Waals surface area contributed by atoms with Crippen LogP contribution in [-0.2, 0) is 0 Å². The van der Waals surface area contributed by atoms with E-state index in [1.165, 1.54) is 25.2 Å². The van der Waals surface area contributed by atoms with Crippen LogP contribution in [0.1, 0.15) is 13.3 Å². The predicted octanol–water partition coefficient (Wildman–Crippen LogP) is 1.93. The van der Waals surface area contributed by atoms with Crippen molar-refractivity contribution in [3.63, 3.8) is 0 Å². The summed E-state index contributed by atoms with van der Waals surface area (Å²) in [7, 11) is 0. The topological polar surface area (TPSA) is 16.1 Å². The Balaban J connectivity index is 2.11. The van der Waals surface area contributed by atoms with E-state index in [1.54, 1.807) is 0 Å². The largest absolute Gasteiger partial charge is 0.371 e. The van der Waals surface area contributed by atoms with Gasteiger partial charge in [0.05, 0.1) is 0 Å². The molecule has 0 amide bonds. The molecule has 0 unspecified atom stereocenters. The van der Waals surface area contributed by atoms with Crippen molar-refractivity contribution in [3.05, 3.63) is 24.5 Å². The molecule has 0 aromatic carbocycles. The maximum absolute atomic E-state index is 4.01. The van der Waals surface area contributed by atoms with Crippen LogP contribution in [0.15, 0.2) is 24.5 Å². The first-order valence-corrected chi connectivity index (χ1v) is 4.51. The highest BCUT2D eigenvalue weighted by atomic mass is 15.1. The molecule has 0 N–H and O–H groups in total. The molecule has 1 saturated heterocycles. The molecule has 0 spiro atoms. The lowest BCUT2D eigenvalue weighted by atomic mass is 10.2. The molecule has 1 aromatic heterocycles. The van der Waals surface area contributed by atoms with Gasteiger partial charge >= 0.3 is 0 Å². The van der Waals surface area contributed by atoms with E-state index in [1.807, 2.05) is 12.4 Å². The highest BCUT2D eigenvalue weighted by molar-refractivity contribution is 5.45. The summed E-state index contributed by atoms with van der Waals surface area (Å²) in [6, 6.07) is 4.16. The molecule has 1 aliphatic rings. The summed E-state index contributed by atoms with van der Waals surface area (Å²) in [4.78, 5) is 6.43. The quantitative estimate of drug-likeness (QED) is 0.627. The fraction of sp³-hybridized carbons (Fsp3) is 0.500. The van der Waals surface area contributed by atoms with Gasteiger partial charge in [0, 0.05) is 31.2 Å². The third-order valence-corrected chi connectivity index (χ3v) is 2.45. The van der Waals surface area contributed by atoms with Crippen LogP contribution in [0.3, 0.4) is 0 Å². The lowest BCUT2D eigenvalue weighted by Gasteiger charge is -2.17. The molecule has 1 fully saturated rings. The van der Waals surface area contributed by atoms with Gasteiger partial charge in [-0.05, 0) is 24.5 Å². The molecule has 2 heterocycles. The van der Waals surface area contributed by atoms with E-state index in [0.717, 1.165) is 5.92 Å². The predicted molar refractivity (Wildman–Crippen MR) is 50.2 cm³/mol. The molecule has 1 atom stereocenters. The zero-order valence-electron chi connectivity index (χ0n) is 7.40. The highest BCUT2D eigenvalue weighted by Crippen LogP contribution is 2.21. The maximum Gasteiger partial charge on any atom is 0.0397 e. The van der Waals surface area contributed by atoms with Gasteiger partial charge in [0.25, 0.3) is 0 Å². The maximum atomic E-state index is 4.01. The molecular weight excluding hydrogens is 148 g/mol. The molecule has 0 aliphatic carbocycles. The van der Waals surface area contributed by atoms with Crippen molar-refractivity contribution in [2.24, 2.45) is 5.92 Å². The Bertz CT molecular complexity index is 245. The third-order valence-electron chi connectivity index (χ3n) is 2.45. The Labute approximate surface area is 73.2 Å². The summed E-state index contributed by atoms with van der Waals surface area (Å²) >= 11 is 0. The van der Waals surface area contributed by atoms with Gasteiger partial charge in [-0.1, -0.05) is 6.92 Å². The number of pyridine rings is 1. The molecule has 1 aliphatic heterocycles. The lowest BCUT2D eigenvalue weighted by molar-refractivity contribution is 0.659. The second kappa shape index (κ2) is 3.13. The van der Waals surface area contributed by atoms with Gasteiger partial charge in [-0.25, -0.2) is 0 Å². The van der Waals surface area contributed by atoms with Crippen molar-refractivity contribution in [1.82, 2.24) is 4.98 Å². The summed E-state index contributed by atoms with van der Waals surface area (Å²) in [5.41, 5.74) is 1.31. The van der Waals surface area contributed by atoms with Crippen molar-refractivity contribution in [3.8, 4) is 0 Å². The van der Waals surface area contributed by atoms with Crippen molar-refractivity contribution in [1.29, 1.82) is 0 Å². The molecule has 0 radical (unpaired) electrons. The van der Waals surface area contributed by atoms with Gasteiger partial charge in [0.2, 0.25) is 0 Å². The normalized spacial score (nSPS) is 23.1. The Kier molecular flexibility index (Phi) is 1.98. The minimum Gasteiger partial charge on any atom is -0.371 e. The fourth-order valence-electron chi connectivity index (χ4n) is 1.72. The number of nitrogens with zero attached hydrogens (tertiary/aromatic N) is 2. The fourth-order valence-corrected chi connectivity index (χ4v) is 1.72. The number of hydrogen-bond donors (Lipinski definition) is 0. The summed E-state index contributed by atoms with van der Waals surface area (Å²) in [5, 5.41) is 0. The van der Waals surface area contributed by atoms with Gasteiger partial charge in [-0.2, -0.15) is 0 Å². The average Bonchev–Trinajstić information content (AvgIpc) is 2.54. The van der Waals surface area contributed by atoms with Gasteiger partial charge in [0.15, 0.2) is 0 Å². The van der Waals surface area contributed by atoms with Crippen LogP contribution in [0.2, 0.25) is 0 Å². The molecule has 12 heavy (non-hydrogen) atoms. The molecule has 64 valence electrons. The van der Waals surface area contributed by atoms with Crippen LogP contribution >= 0.6 is 0 Å². The van der Waals surface area contributed by atoms with E-state index in [-0.39, 0.29) is 0 Å². The second-order valence-corrected chi connectivity index (χ2v) is 3.55. The summed E-state index contributed by atoms with van der Waals surface area (Å²) in [5.74, 6) is 0.846. The minimum atomic E-state index is 0.846. The van der Waals surface area contributed by atoms with Gasteiger partial charge in [0.1, 0.15) is 0 Å². The SMILES string of the molecule is C[C@@H]1CCN(c2ccncc2)C1. The van der Waals surface area contributed by atoms with Crippen molar-refractivity contribution >= 4 is 5.69 Å². The van der Waals surface area contributed by atoms with E-state index < -0.39 is 0 Å². The van der Waals surface area contributed by atoms with E-state index in [2.05, 4.69) is 28.9 Å². The molecule has 2 rings (SSSR count). The zero-order chi connectivity index (χ0) is 8.39. The summed E-state index contributed by atoms with van der Waals surface area (Å²) < 4.78 is 0. The van der Waals surface area contributed by atoms with Crippen LogP contribution in [0, 0.1) is 5.92 Å². The second-order valence-electron chi connectivity index (χ2n) is 3.55. The third kappa shape index (κ3) is 1.42. The van der Waals surface area contributed by atoms with E-state index in [0.29, 0.717) is 0 Å². The number of rotatable bonds is 1. The molecule has 1 aromatic rings. The average molecular weight is 162 g/mol. The number of anilines is 1. The van der Waals surface area contributed by atoms with Crippen LogP contribution < -0.4 is 4.90 Å². The lowest BCUT2D eigenvalue weighted by Crippen LogP contribution is -2.18. The first kappa shape index (κ1) is 7.59. The van der Waals surface area contributed by atoms with Crippen molar-refractivity contribution < 1.29 is 0 Å². The number of aromatic nitrogens is 1. The van der Waals surface area contributed by atoms with Crippen molar-refractivity contribution in [2.75, 3.05) is 18.0 Å². The summed E-state index contributed by atoms with van der Waals surface area (Å²) in [6.07, 6.45) is 5.04. The highest BCUT2D eigenvalue weighted by Gasteiger charge is 2.18. The molecule has 2 nitrogen and oxygen atoms in total. The first-order valence-electron chi connectivity index (χ1n) is 4.51. The zero-order valence-corrected chi connectivity index (χ0v) is 7.40. The van der Waals surface area contributed by atoms with Gasteiger partial charge in [-0.3, -0.25) is 4.98 Å². The van der Waals surface area contributed by atoms with E-state index in [9.17, 15) is 0 Å². The van der Waals surface area contributed by atoms with Crippen LogP contribution in [0.4, 0.5) is 5.69 Å². The molecule has 0 bridgehead atoms. The summed E-state index contributed by atoms with van der Waals surface area (Å²) in [6.45, 7) is 4.70. The Morgan fingerprint density at radius 1 is 1.42 bits per heavy atom. The van der Waals surface area contributed by atoms with E-state index in [4.69, 9.17) is 0 Å². The smallest absolute Gasteiger partial charge is 0.0397 e. The Hall–Kier alpha value is -1.05. The standard InChI is InChI=1S/C10H14N2/c1-9-4-7-12(8-9)10-2-5-11-6-3-10/h2-3,5-6,9H,4,7-8H2,1H3/t9-/m1/s1. The first-order chi connectivity index (χ1) is 5.86. The van der Waals surface area contributed by atoms with Crippen LogP contribution in [-0.4, -0.2) is 18.1 Å². The Morgan fingerprint density at radius 2 is 2.17 bits per heavy atom. The molecular formula is C10H14N2. The van der Waals surface area contributed by atoms with Crippen molar-refractivity contribution in [2.45, 2.75) is 13.3 Å². The number of hydrogen-bond acceptors (Lipinski definition) is 2. The minimum absolute atomic E-state index is 0.846. The van der Waals surface area contributed by atoms with Gasteiger partial charge in [-0.15, -0.1) is 0 Å². The van der Waals surface area contributed by atoms with Crippen LogP contribution in [0.5, 0.6) is 0 Å². The van der Waals surface area contributed by atoms with E-state index >= 15 is 0 Å². The van der Waals surface area contributed by atoms with Gasteiger partial charge < -0.3 is 4.90 Å².